The second-order valence-electron chi connectivity index (χ2n) is 4.78. The van der Waals surface area contributed by atoms with E-state index in [-0.39, 0.29) is 18.3 Å². The maximum Gasteiger partial charge on any atom is 0.407 e. The van der Waals surface area contributed by atoms with Gasteiger partial charge in [0.1, 0.15) is 6.61 Å². The number of alkyl carbamates (subject to hydrolysis) is 1. The summed E-state index contributed by atoms with van der Waals surface area (Å²) < 4.78 is 5.10. The normalized spacial score (nSPS) is 11.5. The second-order valence-corrected chi connectivity index (χ2v) is 4.78. The molecule has 0 heterocycles. The number of nitrogens with zero attached hydrogens (tertiary/aromatic N) is 1. The Kier molecular flexibility index (Phi) is 5.08. The molecule has 114 valence electrons. The number of non-ortho nitro benzene ring substituents is 1. The molecule has 1 unspecified atom stereocenters. The standard InChI is InChI=1S/C16H16N2O4/c1-12(14-5-3-2-4-6-14)17-16(19)22-11-13-7-9-15(10-8-13)18(20)21/h2-10,12H,11H2,1H3,(H,17,19). The van der Waals surface area contributed by atoms with Crippen molar-refractivity contribution in [2.75, 3.05) is 0 Å². The molecule has 6 nitrogen and oxygen atoms in total. The van der Waals surface area contributed by atoms with Crippen molar-refractivity contribution in [2.24, 2.45) is 0 Å². The van der Waals surface area contributed by atoms with Crippen molar-refractivity contribution >= 4 is 11.8 Å². The van der Waals surface area contributed by atoms with E-state index in [4.69, 9.17) is 4.74 Å². The Balaban J connectivity index is 1.83. The summed E-state index contributed by atoms with van der Waals surface area (Å²) in [5.41, 5.74) is 1.67. The smallest absolute Gasteiger partial charge is 0.407 e. The number of carbonyl (C=O) groups is 1. The Morgan fingerprint density at radius 3 is 2.41 bits per heavy atom. The van der Waals surface area contributed by atoms with Gasteiger partial charge in [-0.2, -0.15) is 0 Å². The van der Waals surface area contributed by atoms with Crippen LogP contribution in [0.1, 0.15) is 24.1 Å². The van der Waals surface area contributed by atoms with Crippen molar-refractivity contribution in [1.82, 2.24) is 5.32 Å². The Morgan fingerprint density at radius 1 is 1.18 bits per heavy atom. The zero-order chi connectivity index (χ0) is 15.9. The maximum absolute atomic E-state index is 11.7. The first-order valence-corrected chi connectivity index (χ1v) is 6.78. The van der Waals surface area contributed by atoms with Gasteiger partial charge in [-0.3, -0.25) is 10.1 Å². The van der Waals surface area contributed by atoms with E-state index < -0.39 is 11.0 Å². The average Bonchev–Trinajstić information content (AvgIpc) is 2.54. The van der Waals surface area contributed by atoms with E-state index in [1.807, 2.05) is 37.3 Å². The molecule has 0 aromatic heterocycles. The molecule has 2 aromatic carbocycles. The van der Waals surface area contributed by atoms with Gasteiger partial charge in [-0.25, -0.2) is 4.79 Å². The number of benzene rings is 2. The molecule has 0 radical (unpaired) electrons. The number of ether oxygens (including phenoxy) is 1. The number of rotatable bonds is 5. The van der Waals surface area contributed by atoms with Crippen LogP contribution in [0.15, 0.2) is 54.6 Å². The highest BCUT2D eigenvalue weighted by atomic mass is 16.6. The molecule has 0 saturated carbocycles. The largest absolute Gasteiger partial charge is 0.445 e. The third-order valence-corrected chi connectivity index (χ3v) is 3.15. The highest BCUT2D eigenvalue weighted by molar-refractivity contribution is 5.67. The Bertz CT molecular complexity index is 641. The van der Waals surface area contributed by atoms with Crippen molar-refractivity contribution < 1.29 is 14.5 Å². The Labute approximate surface area is 127 Å². The molecule has 0 spiro atoms. The summed E-state index contributed by atoms with van der Waals surface area (Å²) in [5, 5.41) is 13.3. The summed E-state index contributed by atoms with van der Waals surface area (Å²) in [7, 11) is 0. The van der Waals surface area contributed by atoms with E-state index in [0.29, 0.717) is 5.56 Å². The van der Waals surface area contributed by atoms with Crippen molar-refractivity contribution in [3.8, 4) is 0 Å². The van der Waals surface area contributed by atoms with Crippen LogP contribution in [0, 0.1) is 10.1 Å². The second kappa shape index (κ2) is 7.21. The summed E-state index contributed by atoms with van der Waals surface area (Å²) >= 11 is 0. The minimum absolute atomic E-state index is 0.00546. The third-order valence-electron chi connectivity index (χ3n) is 3.15. The minimum Gasteiger partial charge on any atom is -0.445 e. The lowest BCUT2D eigenvalue weighted by molar-refractivity contribution is -0.384. The molecule has 0 aliphatic rings. The fourth-order valence-electron chi connectivity index (χ4n) is 1.91. The van der Waals surface area contributed by atoms with Gasteiger partial charge in [0.05, 0.1) is 11.0 Å². The molecule has 1 N–H and O–H groups in total. The molecule has 1 atom stereocenters. The van der Waals surface area contributed by atoms with Gasteiger partial charge < -0.3 is 10.1 Å². The molecule has 2 aromatic rings. The van der Waals surface area contributed by atoms with Gasteiger partial charge in [-0.15, -0.1) is 0 Å². The predicted octanol–water partition coefficient (Wildman–Crippen LogP) is 3.58. The van der Waals surface area contributed by atoms with E-state index in [2.05, 4.69) is 5.32 Å². The number of hydrogen-bond donors (Lipinski definition) is 1. The van der Waals surface area contributed by atoms with Crippen LogP contribution < -0.4 is 5.32 Å². The first-order chi connectivity index (χ1) is 10.6. The summed E-state index contributed by atoms with van der Waals surface area (Å²) in [6.45, 7) is 1.92. The lowest BCUT2D eigenvalue weighted by Gasteiger charge is -2.14. The lowest BCUT2D eigenvalue weighted by Crippen LogP contribution is -2.27. The molecule has 0 aliphatic heterocycles. The van der Waals surface area contributed by atoms with Crippen LogP contribution in [0.25, 0.3) is 0 Å². The van der Waals surface area contributed by atoms with Gasteiger partial charge in [0.2, 0.25) is 0 Å². The van der Waals surface area contributed by atoms with E-state index in [9.17, 15) is 14.9 Å². The van der Waals surface area contributed by atoms with Gasteiger partial charge in [0, 0.05) is 12.1 Å². The molecular weight excluding hydrogens is 284 g/mol. The zero-order valence-corrected chi connectivity index (χ0v) is 12.1. The number of nitro benzene ring substituents is 1. The average molecular weight is 300 g/mol. The van der Waals surface area contributed by atoms with Crippen LogP contribution in [-0.4, -0.2) is 11.0 Å². The highest BCUT2D eigenvalue weighted by Crippen LogP contribution is 2.14. The Hall–Kier alpha value is -2.89. The number of nitro groups is 1. The number of amides is 1. The molecule has 22 heavy (non-hydrogen) atoms. The number of carbonyl (C=O) groups excluding carboxylic acids is 1. The van der Waals surface area contributed by atoms with Crippen molar-refractivity contribution in [3.63, 3.8) is 0 Å². The van der Waals surface area contributed by atoms with Gasteiger partial charge >= 0.3 is 6.09 Å². The van der Waals surface area contributed by atoms with E-state index in [1.165, 1.54) is 12.1 Å². The highest BCUT2D eigenvalue weighted by Gasteiger charge is 2.10. The summed E-state index contributed by atoms with van der Waals surface area (Å²) in [6, 6.07) is 15.3. The predicted molar refractivity (Wildman–Crippen MR) is 81.3 cm³/mol. The quantitative estimate of drug-likeness (QED) is 0.676. The molecule has 0 bridgehead atoms. The minimum atomic E-state index is -0.533. The van der Waals surface area contributed by atoms with E-state index in [0.717, 1.165) is 5.56 Å². The van der Waals surface area contributed by atoms with Crippen LogP contribution in [0.3, 0.4) is 0 Å². The van der Waals surface area contributed by atoms with Crippen LogP contribution in [0.2, 0.25) is 0 Å². The van der Waals surface area contributed by atoms with Gasteiger partial charge in [0.25, 0.3) is 5.69 Å². The maximum atomic E-state index is 11.7. The summed E-state index contributed by atoms with van der Waals surface area (Å²) in [5.74, 6) is 0. The van der Waals surface area contributed by atoms with Gasteiger partial charge in [-0.05, 0) is 30.2 Å². The molecule has 0 fully saturated rings. The first kappa shape index (κ1) is 15.5. The number of hydrogen-bond acceptors (Lipinski definition) is 4. The molecule has 0 aliphatic carbocycles. The Morgan fingerprint density at radius 2 is 1.82 bits per heavy atom. The van der Waals surface area contributed by atoms with Crippen LogP contribution >= 0.6 is 0 Å². The number of nitrogens with one attached hydrogen (secondary N) is 1. The lowest BCUT2D eigenvalue weighted by atomic mass is 10.1. The molecule has 2 rings (SSSR count). The monoisotopic (exact) mass is 300 g/mol. The topological polar surface area (TPSA) is 81.5 Å². The molecule has 1 amide bonds. The molecule has 6 heteroatoms. The zero-order valence-electron chi connectivity index (χ0n) is 12.1. The fraction of sp³-hybridized carbons (Fsp3) is 0.188. The molecule has 0 saturated heterocycles. The SMILES string of the molecule is CC(NC(=O)OCc1ccc([N+](=O)[O-])cc1)c1ccccc1. The van der Waals surface area contributed by atoms with Crippen LogP contribution in [0.4, 0.5) is 10.5 Å². The first-order valence-electron chi connectivity index (χ1n) is 6.78. The van der Waals surface area contributed by atoms with Crippen molar-refractivity contribution in [2.45, 2.75) is 19.6 Å². The van der Waals surface area contributed by atoms with Crippen LogP contribution in [-0.2, 0) is 11.3 Å². The summed E-state index contributed by atoms with van der Waals surface area (Å²) in [4.78, 5) is 21.8. The van der Waals surface area contributed by atoms with Gasteiger partial charge in [-0.1, -0.05) is 30.3 Å². The van der Waals surface area contributed by atoms with E-state index >= 15 is 0 Å². The van der Waals surface area contributed by atoms with E-state index in [1.54, 1.807) is 12.1 Å². The van der Waals surface area contributed by atoms with Gasteiger partial charge in [0.15, 0.2) is 0 Å². The van der Waals surface area contributed by atoms with Crippen molar-refractivity contribution in [3.05, 3.63) is 75.8 Å². The fourth-order valence-corrected chi connectivity index (χ4v) is 1.91. The third kappa shape index (κ3) is 4.31. The molecular formula is C16H16N2O4. The van der Waals surface area contributed by atoms with Crippen molar-refractivity contribution in [1.29, 1.82) is 0 Å². The van der Waals surface area contributed by atoms with Crippen LogP contribution in [0.5, 0.6) is 0 Å². The summed E-state index contributed by atoms with van der Waals surface area (Å²) in [6.07, 6.45) is -0.533.